The van der Waals surface area contributed by atoms with Crippen molar-refractivity contribution in [3.8, 4) is 0 Å². The lowest BCUT2D eigenvalue weighted by Crippen LogP contribution is -2.38. The molecular formula is C14H14Cl2N6O2. The Morgan fingerprint density at radius 1 is 0.833 bits per heavy atom. The van der Waals surface area contributed by atoms with E-state index in [1.165, 1.54) is 12.4 Å². The summed E-state index contributed by atoms with van der Waals surface area (Å²) in [5, 5.41) is 10.6. The quantitative estimate of drug-likeness (QED) is 0.480. The van der Waals surface area contributed by atoms with E-state index < -0.39 is 12.1 Å². The molecule has 0 bridgehead atoms. The van der Waals surface area contributed by atoms with Crippen LogP contribution >= 0.6 is 23.2 Å². The molecule has 0 unspecified atom stereocenters. The average molecular weight is 369 g/mol. The van der Waals surface area contributed by atoms with E-state index in [0.717, 1.165) is 0 Å². The van der Waals surface area contributed by atoms with Crippen molar-refractivity contribution in [1.82, 2.24) is 20.6 Å². The number of urea groups is 2. The minimum Gasteiger partial charge on any atom is -0.336 e. The largest absolute Gasteiger partial charge is 0.336 e. The zero-order valence-electron chi connectivity index (χ0n) is 12.3. The molecular weight excluding hydrogens is 355 g/mol. The van der Waals surface area contributed by atoms with Gasteiger partial charge in [-0.15, -0.1) is 0 Å². The van der Waals surface area contributed by atoms with Gasteiger partial charge in [0, 0.05) is 25.5 Å². The van der Waals surface area contributed by atoms with Crippen molar-refractivity contribution < 1.29 is 9.59 Å². The van der Waals surface area contributed by atoms with Gasteiger partial charge in [0.05, 0.1) is 11.4 Å². The zero-order chi connectivity index (χ0) is 17.4. The molecule has 0 spiro atoms. The van der Waals surface area contributed by atoms with Crippen LogP contribution < -0.4 is 21.3 Å². The molecule has 2 heterocycles. The van der Waals surface area contributed by atoms with Gasteiger partial charge in [-0.2, -0.15) is 0 Å². The van der Waals surface area contributed by atoms with Gasteiger partial charge in [0.25, 0.3) is 0 Å². The van der Waals surface area contributed by atoms with Gasteiger partial charge in [-0.3, -0.25) is 0 Å². The number of nitrogens with one attached hydrogen (secondary N) is 4. The highest BCUT2D eigenvalue weighted by atomic mass is 35.5. The van der Waals surface area contributed by atoms with Crippen LogP contribution in [-0.2, 0) is 0 Å². The standard InChI is InChI=1S/C14H14Cl2N6O2/c15-11-9(3-1-5-17-11)21-13(23)19-7-8-20-14(24)22-10-4-2-6-18-12(10)16/h1-6H,7-8H2,(H2,19,21,23)(H2,20,22,24). The molecule has 0 aromatic carbocycles. The summed E-state index contributed by atoms with van der Waals surface area (Å²) < 4.78 is 0. The van der Waals surface area contributed by atoms with Gasteiger partial charge in [0.2, 0.25) is 0 Å². The van der Waals surface area contributed by atoms with E-state index in [9.17, 15) is 9.59 Å². The van der Waals surface area contributed by atoms with Gasteiger partial charge in [0.1, 0.15) is 0 Å². The van der Waals surface area contributed by atoms with E-state index in [2.05, 4.69) is 31.2 Å². The molecule has 10 heteroatoms. The molecule has 0 radical (unpaired) electrons. The lowest BCUT2D eigenvalue weighted by Gasteiger charge is -2.10. The van der Waals surface area contributed by atoms with E-state index in [1.807, 2.05) is 0 Å². The van der Waals surface area contributed by atoms with Crippen LogP contribution in [0, 0.1) is 0 Å². The summed E-state index contributed by atoms with van der Waals surface area (Å²) in [7, 11) is 0. The Morgan fingerprint density at radius 2 is 1.25 bits per heavy atom. The first-order valence-corrected chi connectivity index (χ1v) is 7.62. The fraction of sp³-hybridized carbons (Fsp3) is 0.143. The Labute approximate surface area is 148 Å². The van der Waals surface area contributed by atoms with Crippen molar-refractivity contribution in [3.05, 3.63) is 47.0 Å². The summed E-state index contributed by atoms with van der Waals surface area (Å²) in [5.74, 6) is 0. The molecule has 0 aliphatic heterocycles. The highest BCUT2D eigenvalue weighted by Gasteiger charge is 2.07. The first-order valence-electron chi connectivity index (χ1n) is 6.87. The van der Waals surface area contributed by atoms with Crippen LogP contribution in [0.25, 0.3) is 0 Å². The van der Waals surface area contributed by atoms with Crippen LogP contribution in [-0.4, -0.2) is 35.1 Å². The average Bonchev–Trinajstić information content (AvgIpc) is 2.56. The summed E-state index contributed by atoms with van der Waals surface area (Å²) >= 11 is 11.7. The molecule has 24 heavy (non-hydrogen) atoms. The molecule has 0 aliphatic rings. The summed E-state index contributed by atoms with van der Waals surface area (Å²) in [4.78, 5) is 31.0. The predicted octanol–water partition coefficient (Wildman–Crippen LogP) is 2.73. The molecule has 4 N–H and O–H groups in total. The van der Waals surface area contributed by atoms with E-state index in [1.54, 1.807) is 24.3 Å². The topological polar surface area (TPSA) is 108 Å². The van der Waals surface area contributed by atoms with Crippen LogP contribution in [0.4, 0.5) is 21.0 Å². The van der Waals surface area contributed by atoms with Gasteiger partial charge < -0.3 is 21.3 Å². The third-order valence-corrected chi connectivity index (χ3v) is 3.31. The fourth-order valence-electron chi connectivity index (χ4n) is 1.64. The smallest absolute Gasteiger partial charge is 0.319 e. The molecule has 4 amide bonds. The van der Waals surface area contributed by atoms with E-state index in [-0.39, 0.29) is 23.4 Å². The Hall–Kier alpha value is -2.58. The first-order chi connectivity index (χ1) is 11.6. The number of pyridine rings is 2. The Kier molecular flexibility index (Phi) is 6.59. The Bertz CT molecular complexity index is 666. The zero-order valence-corrected chi connectivity index (χ0v) is 13.9. The molecule has 0 saturated carbocycles. The number of rotatable bonds is 5. The van der Waals surface area contributed by atoms with Gasteiger partial charge in [-0.25, -0.2) is 19.6 Å². The first kappa shape index (κ1) is 17.8. The molecule has 0 aliphatic carbocycles. The van der Waals surface area contributed by atoms with Crippen molar-refractivity contribution >= 4 is 46.6 Å². The highest BCUT2D eigenvalue weighted by Crippen LogP contribution is 2.17. The molecule has 0 saturated heterocycles. The molecule has 2 aromatic rings. The molecule has 126 valence electrons. The molecule has 2 rings (SSSR count). The minimum atomic E-state index is -0.456. The Balaban J connectivity index is 1.67. The number of aromatic nitrogens is 2. The maximum atomic E-state index is 11.7. The second-order valence-corrected chi connectivity index (χ2v) is 5.16. The van der Waals surface area contributed by atoms with E-state index in [0.29, 0.717) is 11.4 Å². The number of nitrogens with zero attached hydrogens (tertiary/aromatic N) is 2. The maximum absolute atomic E-state index is 11.7. The molecule has 8 nitrogen and oxygen atoms in total. The number of hydrogen-bond acceptors (Lipinski definition) is 4. The number of halogens is 2. The summed E-state index contributed by atoms with van der Waals surface area (Å²) in [6.07, 6.45) is 3.03. The molecule has 0 fully saturated rings. The van der Waals surface area contributed by atoms with Crippen molar-refractivity contribution in [2.75, 3.05) is 23.7 Å². The number of anilines is 2. The van der Waals surface area contributed by atoms with Gasteiger partial charge >= 0.3 is 12.1 Å². The van der Waals surface area contributed by atoms with Crippen molar-refractivity contribution in [3.63, 3.8) is 0 Å². The number of hydrogen-bond donors (Lipinski definition) is 4. The summed E-state index contributed by atoms with van der Waals surface area (Å²) in [5.41, 5.74) is 0.794. The van der Waals surface area contributed by atoms with Crippen molar-refractivity contribution in [2.45, 2.75) is 0 Å². The van der Waals surface area contributed by atoms with Crippen LogP contribution in [0.5, 0.6) is 0 Å². The van der Waals surface area contributed by atoms with Gasteiger partial charge in [-0.05, 0) is 24.3 Å². The fourth-order valence-corrected chi connectivity index (χ4v) is 1.98. The molecule has 2 aromatic heterocycles. The number of carbonyl (C=O) groups excluding carboxylic acids is 2. The minimum absolute atomic E-state index is 0.193. The third kappa shape index (κ3) is 5.56. The third-order valence-electron chi connectivity index (χ3n) is 2.71. The maximum Gasteiger partial charge on any atom is 0.319 e. The van der Waals surface area contributed by atoms with Crippen LogP contribution in [0.15, 0.2) is 36.7 Å². The highest BCUT2D eigenvalue weighted by molar-refractivity contribution is 6.32. The summed E-state index contributed by atoms with van der Waals surface area (Å²) in [6.45, 7) is 0.440. The van der Waals surface area contributed by atoms with Crippen molar-refractivity contribution in [1.29, 1.82) is 0 Å². The molecule has 0 atom stereocenters. The summed E-state index contributed by atoms with van der Waals surface area (Å²) in [6, 6.07) is 5.63. The van der Waals surface area contributed by atoms with E-state index >= 15 is 0 Å². The number of amides is 4. The lowest BCUT2D eigenvalue weighted by molar-refractivity contribution is 0.248. The van der Waals surface area contributed by atoms with Crippen molar-refractivity contribution in [2.24, 2.45) is 0 Å². The lowest BCUT2D eigenvalue weighted by atomic mass is 10.4. The monoisotopic (exact) mass is 368 g/mol. The van der Waals surface area contributed by atoms with Crippen LogP contribution in [0.2, 0.25) is 10.3 Å². The van der Waals surface area contributed by atoms with Gasteiger partial charge in [-0.1, -0.05) is 23.2 Å². The van der Waals surface area contributed by atoms with Crippen LogP contribution in [0.3, 0.4) is 0 Å². The Morgan fingerprint density at radius 3 is 1.62 bits per heavy atom. The second-order valence-electron chi connectivity index (χ2n) is 4.45. The predicted molar refractivity (Wildman–Crippen MR) is 92.5 cm³/mol. The van der Waals surface area contributed by atoms with Gasteiger partial charge in [0.15, 0.2) is 10.3 Å². The second kappa shape index (κ2) is 8.90. The van der Waals surface area contributed by atoms with Crippen LogP contribution in [0.1, 0.15) is 0 Å². The SMILES string of the molecule is O=C(NCCNC(=O)Nc1cccnc1Cl)Nc1cccnc1Cl. The van der Waals surface area contributed by atoms with E-state index in [4.69, 9.17) is 23.2 Å². The normalized spacial score (nSPS) is 9.92. The number of carbonyl (C=O) groups is 2.